The van der Waals surface area contributed by atoms with E-state index >= 15 is 0 Å². The fourth-order valence-corrected chi connectivity index (χ4v) is 6.76. The Morgan fingerprint density at radius 2 is 1.11 bits per heavy atom. The second-order valence-corrected chi connectivity index (χ2v) is 18.3. The van der Waals surface area contributed by atoms with Gasteiger partial charge >= 0.3 is 5.97 Å². The summed E-state index contributed by atoms with van der Waals surface area (Å²) in [5.41, 5.74) is 22.1. The van der Waals surface area contributed by atoms with E-state index in [0.717, 1.165) is 0 Å². The first kappa shape index (κ1) is 65.5. The number of aliphatic hydroxyl groups is 3. The minimum atomic E-state index is -1.76. The number of carboxylic acids is 1. The number of amides is 10. The molecule has 0 aromatic heterocycles. The fraction of sp³-hybridized carbons (Fsp3) is 0.609. The number of rotatable bonds is 34. The zero-order valence-electron chi connectivity index (χ0n) is 42.9. The number of primary amides is 1. The summed E-state index contributed by atoms with van der Waals surface area (Å²) in [6.07, 6.45) is -2.18. The Labute approximate surface area is 433 Å². The maximum absolute atomic E-state index is 13.9. The Kier molecular flexibility index (Phi) is 29.1. The van der Waals surface area contributed by atoms with Gasteiger partial charge in [-0.3, -0.25) is 52.9 Å². The lowest BCUT2D eigenvalue weighted by Gasteiger charge is -2.28. The standard InChI is InChI=1S/C46H76N14O15/c1-22(2)17-29(57-44(73)36(23(3)4)60-37(66)24(5)53-42(71)32(21-62)59-43(72)35(48)25(6)63)40(69)55-27(14-15-33(47)64)39(68)58-31(20-61)38(67)52-19-34(65)54-30(18-26-11-8-7-9-12-26)41(70)56-28(45(74)75)13-10-16-51-46(49)50/h7-9,11-12,22-25,27-32,35-36,61-63H,10,13-21,48H2,1-6H3,(H2,47,64)(H,52,67)(H,53,71)(H,54,65)(H,55,69)(H,56,70)(H,57,73)(H,58,68)(H,59,72)(H,60,66)(H,74,75)(H4,49,50,51)/t24-,25+,27-,28-,29-,30-,31-,32-,35-,36-/m0/s1. The fourth-order valence-electron chi connectivity index (χ4n) is 6.76. The minimum absolute atomic E-state index is 0.0294. The molecule has 0 aliphatic carbocycles. The van der Waals surface area contributed by atoms with Crippen LogP contribution in [0.25, 0.3) is 0 Å². The number of carbonyl (C=O) groups excluding carboxylic acids is 10. The molecule has 0 unspecified atom stereocenters. The van der Waals surface area contributed by atoms with Gasteiger partial charge in [-0.25, -0.2) is 4.79 Å². The molecule has 1 aromatic carbocycles. The van der Waals surface area contributed by atoms with Crippen LogP contribution in [-0.2, 0) is 59.2 Å². The van der Waals surface area contributed by atoms with Gasteiger partial charge in [0.1, 0.15) is 54.4 Å². The predicted molar refractivity (Wildman–Crippen MR) is 268 cm³/mol. The Morgan fingerprint density at radius 1 is 0.587 bits per heavy atom. The number of nitrogens with one attached hydrogen (secondary N) is 9. The van der Waals surface area contributed by atoms with Gasteiger partial charge in [0.05, 0.1) is 25.9 Å². The van der Waals surface area contributed by atoms with Crippen LogP contribution in [0.2, 0.25) is 0 Å². The Morgan fingerprint density at radius 3 is 1.64 bits per heavy atom. The summed E-state index contributed by atoms with van der Waals surface area (Å²) in [5.74, 6) is -12.0. The molecule has 0 aliphatic rings. The van der Waals surface area contributed by atoms with E-state index in [-0.39, 0.29) is 44.1 Å². The van der Waals surface area contributed by atoms with Crippen LogP contribution in [0, 0.1) is 11.8 Å². The van der Waals surface area contributed by atoms with E-state index in [9.17, 15) is 73.2 Å². The number of guanidine groups is 1. The maximum atomic E-state index is 13.9. The second kappa shape index (κ2) is 33.3. The number of carboxylic acid groups (broad SMARTS) is 1. The summed E-state index contributed by atoms with van der Waals surface area (Å²) in [5, 5.41) is 60.4. The molecule has 0 bridgehead atoms. The topological polar surface area (TPSA) is 493 Å². The Hall–Kier alpha value is -7.50. The van der Waals surface area contributed by atoms with Crippen LogP contribution in [0.5, 0.6) is 0 Å². The first-order valence-electron chi connectivity index (χ1n) is 24.1. The van der Waals surface area contributed by atoms with Crippen molar-refractivity contribution < 1.29 is 73.2 Å². The van der Waals surface area contributed by atoms with Crippen molar-refractivity contribution in [2.24, 2.45) is 39.8 Å². The van der Waals surface area contributed by atoms with Crippen molar-refractivity contribution in [3.05, 3.63) is 35.9 Å². The third kappa shape index (κ3) is 24.9. The van der Waals surface area contributed by atoms with Crippen LogP contribution in [0.15, 0.2) is 35.3 Å². The number of aliphatic carboxylic acids is 1. The van der Waals surface area contributed by atoms with E-state index in [1.165, 1.54) is 13.8 Å². The first-order valence-corrected chi connectivity index (χ1v) is 24.1. The van der Waals surface area contributed by atoms with Gasteiger partial charge in [-0.05, 0) is 56.9 Å². The normalized spacial score (nSPS) is 15.0. The van der Waals surface area contributed by atoms with E-state index in [2.05, 4.69) is 52.8 Å². The number of carbonyl (C=O) groups is 11. The van der Waals surface area contributed by atoms with Gasteiger partial charge in [-0.1, -0.05) is 58.0 Å². The minimum Gasteiger partial charge on any atom is -0.480 e. The molecule has 21 N–H and O–H groups in total. The molecule has 10 amide bonds. The van der Waals surface area contributed by atoms with Crippen molar-refractivity contribution in [2.75, 3.05) is 26.3 Å². The van der Waals surface area contributed by atoms with Crippen molar-refractivity contribution >= 4 is 71.0 Å². The highest BCUT2D eigenvalue weighted by Gasteiger charge is 2.35. The van der Waals surface area contributed by atoms with Gasteiger partial charge in [-0.2, -0.15) is 0 Å². The highest BCUT2D eigenvalue weighted by molar-refractivity contribution is 5.98. The molecule has 29 nitrogen and oxygen atoms in total. The van der Waals surface area contributed by atoms with Crippen molar-refractivity contribution in [1.29, 1.82) is 0 Å². The third-order valence-corrected chi connectivity index (χ3v) is 11.0. The largest absolute Gasteiger partial charge is 0.480 e. The molecule has 29 heteroatoms. The summed E-state index contributed by atoms with van der Waals surface area (Å²) in [7, 11) is 0. The van der Waals surface area contributed by atoms with E-state index in [4.69, 9.17) is 22.9 Å². The Bertz CT molecular complexity index is 2140. The number of aliphatic hydroxyl groups excluding tert-OH is 3. The molecular weight excluding hydrogens is 989 g/mol. The van der Waals surface area contributed by atoms with Crippen LogP contribution in [-0.4, -0.2) is 178 Å². The van der Waals surface area contributed by atoms with E-state index < -0.39 is 164 Å². The van der Waals surface area contributed by atoms with Crippen LogP contribution in [0.3, 0.4) is 0 Å². The van der Waals surface area contributed by atoms with E-state index in [0.29, 0.717) is 5.56 Å². The molecule has 10 atom stereocenters. The van der Waals surface area contributed by atoms with E-state index in [1.807, 2.05) is 0 Å². The average molecular weight is 1070 g/mol. The van der Waals surface area contributed by atoms with Crippen LogP contribution < -0.4 is 70.8 Å². The molecule has 0 radical (unpaired) electrons. The van der Waals surface area contributed by atoms with Gasteiger partial charge in [0.25, 0.3) is 0 Å². The number of benzene rings is 1. The SMILES string of the molecule is CC(C)C[C@H](NC(=O)[C@@H](NC(=O)[C@H](C)NC(=O)[C@H](CO)NC(=O)[C@@H](N)[C@@H](C)O)C(C)C)C(=O)N[C@@H](CCC(N)=O)C(=O)N[C@@H](CO)C(=O)NCC(=O)N[C@@H](Cc1ccccc1)C(=O)N[C@@H](CCCN=C(N)N)C(=O)O. The van der Waals surface area contributed by atoms with Gasteiger partial charge in [-0.15, -0.1) is 0 Å². The van der Waals surface area contributed by atoms with Gasteiger partial charge in [0.2, 0.25) is 59.1 Å². The number of aliphatic imine (C=N–C) groups is 1. The summed E-state index contributed by atoms with van der Waals surface area (Å²) >= 11 is 0. The monoisotopic (exact) mass is 1060 g/mol. The molecule has 0 aliphatic heterocycles. The quantitative estimate of drug-likeness (QED) is 0.0173. The zero-order valence-corrected chi connectivity index (χ0v) is 42.9. The average Bonchev–Trinajstić information content (AvgIpc) is 3.33. The smallest absolute Gasteiger partial charge is 0.326 e. The molecule has 0 spiro atoms. The number of nitrogens with zero attached hydrogens (tertiary/aromatic N) is 1. The van der Waals surface area contributed by atoms with Crippen molar-refractivity contribution in [3.8, 4) is 0 Å². The summed E-state index contributed by atoms with van der Waals surface area (Å²) in [6.45, 7) is 6.41. The molecule has 1 rings (SSSR count). The summed E-state index contributed by atoms with van der Waals surface area (Å²) in [6, 6.07) is -4.75. The lowest BCUT2D eigenvalue weighted by molar-refractivity contribution is -0.142. The van der Waals surface area contributed by atoms with Gasteiger partial charge in [0.15, 0.2) is 5.96 Å². The highest BCUT2D eigenvalue weighted by atomic mass is 16.4. The molecule has 0 saturated heterocycles. The van der Waals surface area contributed by atoms with Crippen molar-refractivity contribution in [1.82, 2.24) is 47.9 Å². The molecule has 420 valence electrons. The Balaban J connectivity index is 3.17. The van der Waals surface area contributed by atoms with E-state index in [1.54, 1.807) is 58.0 Å². The van der Waals surface area contributed by atoms with Crippen molar-refractivity contribution in [2.45, 2.75) is 141 Å². The van der Waals surface area contributed by atoms with Gasteiger partial charge < -0.3 is 91.2 Å². The predicted octanol–water partition coefficient (Wildman–Crippen LogP) is -6.96. The lowest BCUT2D eigenvalue weighted by Crippen LogP contribution is -2.61. The summed E-state index contributed by atoms with van der Waals surface area (Å²) in [4.78, 5) is 147. The molecule has 0 heterocycles. The van der Waals surface area contributed by atoms with Crippen LogP contribution >= 0.6 is 0 Å². The molecular formula is C46H76N14O15. The molecule has 75 heavy (non-hydrogen) atoms. The highest BCUT2D eigenvalue weighted by Crippen LogP contribution is 2.11. The van der Waals surface area contributed by atoms with Gasteiger partial charge in [0, 0.05) is 19.4 Å². The molecule has 0 saturated carbocycles. The molecule has 0 fully saturated rings. The lowest BCUT2D eigenvalue weighted by atomic mass is 9.99. The zero-order chi connectivity index (χ0) is 57.1. The second-order valence-electron chi connectivity index (χ2n) is 18.3. The number of hydrogen-bond acceptors (Lipinski definition) is 16. The number of nitrogens with two attached hydrogens (primary N) is 4. The maximum Gasteiger partial charge on any atom is 0.326 e. The first-order chi connectivity index (χ1) is 35.1. The van der Waals surface area contributed by atoms with Crippen LogP contribution in [0.1, 0.15) is 79.2 Å². The summed E-state index contributed by atoms with van der Waals surface area (Å²) < 4.78 is 0. The van der Waals surface area contributed by atoms with Crippen molar-refractivity contribution in [3.63, 3.8) is 0 Å². The number of hydrogen-bond donors (Lipinski definition) is 17. The molecule has 1 aromatic rings. The van der Waals surface area contributed by atoms with Crippen LogP contribution in [0.4, 0.5) is 0 Å². The third-order valence-electron chi connectivity index (χ3n) is 11.0.